The SMILES string of the molecule is O=S(=O)(c1ccc(F)cc1)N(Cc1ccco1)C1CC1. The number of hydrogen-bond acceptors (Lipinski definition) is 3. The molecule has 0 atom stereocenters. The van der Waals surface area contributed by atoms with Crippen LogP contribution in [-0.4, -0.2) is 18.8 Å². The predicted molar refractivity (Wildman–Crippen MR) is 70.9 cm³/mol. The monoisotopic (exact) mass is 295 g/mol. The average Bonchev–Trinajstić information content (AvgIpc) is 3.12. The molecule has 1 fully saturated rings. The molecule has 0 spiro atoms. The normalized spacial score (nSPS) is 15.7. The highest BCUT2D eigenvalue weighted by atomic mass is 32.2. The maximum absolute atomic E-state index is 12.9. The van der Waals surface area contributed by atoms with Crippen molar-refractivity contribution in [1.82, 2.24) is 4.31 Å². The molecule has 0 amide bonds. The van der Waals surface area contributed by atoms with E-state index in [4.69, 9.17) is 4.42 Å². The first-order valence-electron chi connectivity index (χ1n) is 6.37. The van der Waals surface area contributed by atoms with E-state index >= 15 is 0 Å². The molecule has 6 heteroatoms. The van der Waals surface area contributed by atoms with Crippen molar-refractivity contribution >= 4 is 10.0 Å². The van der Waals surface area contributed by atoms with Crippen LogP contribution < -0.4 is 0 Å². The van der Waals surface area contributed by atoms with Gasteiger partial charge in [0.05, 0.1) is 17.7 Å². The molecule has 20 heavy (non-hydrogen) atoms. The molecule has 1 aliphatic rings. The van der Waals surface area contributed by atoms with Crippen LogP contribution in [0.3, 0.4) is 0 Å². The predicted octanol–water partition coefficient (Wildman–Crippen LogP) is 2.77. The first-order chi connectivity index (χ1) is 9.57. The van der Waals surface area contributed by atoms with Crippen LogP contribution in [0.2, 0.25) is 0 Å². The molecule has 1 saturated carbocycles. The van der Waals surface area contributed by atoms with Gasteiger partial charge in [0.2, 0.25) is 10.0 Å². The maximum atomic E-state index is 12.9. The third-order valence-electron chi connectivity index (χ3n) is 3.27. The van der Waals surface area contributed by atoms with E-state index in [2.05, 4.69) is 0 Å². The minimum Gasteiger partial charge on any atom is -0.468 e. The van der Waals surface area contributed by atoms with Gasteiger partial charge in [0.15, 0.2) is 0 Å². The van der Waals surface area contributed by atoms with Gasteiger partial charge in [-0.2, -0.15) is 4.31 Å². The summed E-state index contributed by atoms with van der Waals surface area (Å²) in [6, 6.07) is 8.38. The fourth-order valence-corrected chi connectivity index (χ4v) is 3.72. The van der Waals surface area contributed by atoms with E-state index < -0.39 is 15.8 Å². The van der Waals surface area contributed by atoms with Gasteiger partial charge < -0.3 is 4.42 Å². The van der Waals surface area contributed by atoms with Crippen molar-refractivity contribution in [2.24, 2.45) is 0 Å². The molecule has 106 valence electrons. The zero-order valence-corrected chi connectivity index (χ0v) is 11.5. The number of hydrogen-bond donors (Lipinski definition) is 0. The Morgan fingerprint density at radius 2 is 1.90 bits per heavy atom. The zero-order chi connectivity index (χ0) is 14.2. The lowest BCUT2D eigenvalue weighted by atomic mass is 10.4. The van der Waals surface area contributed by atoms with E-state index in [1.807, 2.05) is 0 Å². The Labute approximate surface area is 116 Å². The minimum atomic E-state index is -3.62. The third-order valence-corrected chi connectivity index (χ3v) is 5.18. The summed E-state index contributed by atoms with van der Waals surface area (Å²) in [5.74, 6) is 0.149. The lowest BCUT2D eigenvalue weighted by Crippen LogP contribution is -2.32. The highest BCUT2D eigenvalue weighted by Gasteiger charge is 2.38. The molecule has 0 saturated heterocycles. The van der Waals surface area contributed by atoms with E-state index in [0.29, 0.717) is 5.76 Å². The van der Waals surface area contributed by atoms with Gasteiger partial charge in [-0.15, -0.1) is 0 Å². The topological polar surface area (TPSA) is 50.5 Å². The largest absolute Gasteiger partial charge is 0.468 e. The third kappa shape index (κ3) is 2.62. The average molecular weight is 295 g/mol. The van der Waals surface area contributed by atoms with Crippen LogP contribution in [0.1, 0.15) is 18.6 Å². The van der Waals surface area contributed by atoms with Crippen molar-refractivity contribution in [2.45, 2.75) is 30.3 Å². The van der Waals surface area contributed by atoms with Crippen LogP contribution in [-0.2, 0) is 16.6 Å². The van der Waals surface area contributed by atoms with E-state index in [0.717, 1.165) is 25.0 Å². The molecule has 0 bridgehead atoms. The lowest BCUT2D eigenvalue weighted by Gasteiger charge is -2.20. The van der Waals surface area contributed by atoms with Gasteiger partial charge in [-0.25, -0.2) is 12.8 Å². The van der Waals surface area contributed by atoms with E-state index in [1.54, 1.807) is 12.1 Å². The molecule has 1 aliphatic carbocycles. The quantitative estimate of drug-likeness (QED) is 0.852. The second kappa shape index (κ2) is 5.03. The summed E-state index contributed by atoms with van der Waals surface area (Å²) in [5, 5.41) is 0. The van der Waals surface area contributed by atoms with Crippen LogP contribution in [0.25, 0.3) is 0 Å². The zero-order valence-electron chi connectivity index (χ0n) is 10.7. The van der Waals surface area contributed by atoms with Gasteiger partial charge in [-0.05, 0) is 49.2 Å². The molecule has 3 rings (SSSR count). The van der Waals surface area contributed by atoms with Crippen LogP contribution >= 0.6 is 0 Å². The number of sulfonamides is 1. The van der Waals surface area contributed by atoms with Crippen molar-refractivity contribution in [3.05, 3.63) is 54.2 Å². The summed E-state index contributed by atoms with van der Waals surface area (Å²) in [7, 11) is -3.62. The van der Waals surface area contributed by atoms with Crippen molar-refractivity contribution in [2.75, 3.05) is 0 Å². The van der Waals surface area contributed by atoms with Gasteiger partial charge in [0.1, 0.15) is 11.6 Å². The molecule has 2 aromatic rings. The van der Waals surface area contributed by atoms with Gasteiger partial charge >= 0.3 is 0 Å². The Morgan fingerprint density at radius 1 is 1.20 bits per heavy atom. The molecule has 0 N–H and O–H groups in total. The van der Waals surface area contributed by atoms with Gasteiger partial charge in [-0.1, -0.05) is 0 Å². The molecule has 1 aromatic carbocycles. The van der Waals surface area contributed by atoms with Crippen molar-refractivity contribution in [3.63, 3.8) is 0 Å². The second-order valence-corrected chi connectivity index (χ2v) is 6.71. The van der Waals surface area contributed by atoms with Gasteiger partial charge in [-0.3, -0.25) is 0 Å². The first-order valence-corrected chi connectivity index (χ1v) is 7.81. The molecule has 1 heterocycles. The Morgan fingerprint density at radius 3 is 2.45 bits per heavy atom. The van der Waals surface area contributed by atoms with Crippen molar-refractivity contribution in [3.8, 4) is 0 Å². The highest BCUT2D eigenvalue weighted by Crippen LogP contribution is 2.33. The highest BCUT2D eigenvalue weighted by molar-refractivity contribution is 7.89. The fraction of sp³-hybridized carbons (Fsp3) is 0.286. The number of furan rings is 1. The number of halogens is 1. The Hall–Kier alpha value is -1.66. The molecule has 0 aliphatic heterocycles. The molecular weight excluding hydrogens is 281 g/mol. The van der Waals surface area contributed by atoms with E-state index in [9.17, 15) is 12.8 Å². The van der Waals surface area contributed by atoms with Crippen LogP contribution in [0.5, 0.6) is 0 Å². The summed E-state index contributed by atoms with van der Waals surface area (Å²) in [5.41, 5.74) is 0. The van der Waals surface area contributed by atoms with Crippen LogP contribution in [0.15, 0.2) is 52.0 Å². The smallest absolute Gasteiger partial charge is 0.243 e. The fourth-order valence-electron chi connectivity index (χ4n) is 2.07. The number of rotatable bonds is 5. The summed E-state index contributed by atoms with van der Waals surface area (Å²) in [4.78, 5) is 0.109. The lowest BCUT2D eigenvalue weighted by molar-refractivity contribution is 0.356. The van der Waals surface area contributed by atoms with E-state index in [1.165, 1.54) is 22.7 Å². The maximum Gasteiger partial charge on any atom is 0.243 e. The van der Waals surface area contributed by atoms with Crippen LogP contribution in [0.4, 0.5) is 4.39 Å². The summed E-state index contributed by atoms with van der Waals surface area (Å²) in [6.45, 7) is 0.206. The van der Waals surface area contributed by atoms with Gasteiger partial charge in [0.25, 0.3) is 0 Å². The van der Waals surface area contributed by atoms with Crippen molar-refractivity contribution in [1.29, 1.82) is 0 Å². The van der Waals surface area contributed by atoms with E-state index in [-0.39, 0.29) is 17.5 Å². The molecule has 0 unspecified atom stereocenters. The minimum absolute atomic E-state index is 0.00940. The molecular formula is C14H14FNO3S. The summed E-state index contributed by atoms with van der Waals surface area (Å²) < 4.78 is 44.8. The number of nitrogens with zero attached hydrogens (tertiary/aromatic N) is 1. The Kier molecular flexibility index (Phi) is 3.35. The van der Waals surface area contributed by atoms with Gasteiger partial charge in [0, 0.05) is 6.04 Å². The van der Waals surface area contributed by atoms with Crippen LogP contribution in [0, 0.1) is 5.82 Å². The summed E-state index contributed by atoms with van der Waals surface area (Å²) >= 11 is 0. The first kappa shape index (κ1) is 13.3. The Balaban J connectivity index is 1.91. The molecule has 1 aromatic heterocycles. The Bertz CT molecular complexity index is 676. The molecule has 4 nitrogen and oxygen atoms in total. The summed E-state index contributed by atoms with van der Waals surface area (Å²) in [6.07, 6.45) is 3.22. The second-order valence-electron chi connectivity index (χ2n) is 4.81. The standard InChI is InChI=1S/C14H14FNO3S/c15-11-3-7-14(8-4-11)20(17,18)16(12-5-6-12)10-13-2-1-9-19-13/h1-4,7-9,12H,5-6,10H2. The molecule has 0 radical (unpaired) electrons. The number of benzene rings is 1. The van der Waals surface area contributed by atoms with Crippen molar-refractivity contribution < 1.29 is 17.2 Å².